The summed E-state index contributed by atoms with van der Waals surface area (Å²) in [5.74, 6) is 0.236. The van der Waals surface area contributed by atoms with Crippen LogP contribution in [0.2, 0.25) is 0 Å². The summed E-state index contributed by atoms with van der Waals surface area (Å²) in [7, 11) is 0. The first-order chi connectivity index (χ1) is 17.9. The van der Waals surface area contributed by atoms with Crippen molar-refractivity contribution in [2.45, 2.75) is 25.7 Å². The Morgan fingerprint density at radius 3 is 2.35 bits per heavy atom. The van der Waals surface area contributed by atoms with Crippen LogP contribution >= 0.6 is 0 Å². The average molecular weight is 502 g/mol. The van der Waals surface area contributed by atoms with Gasteiger partial charge >= 0.3 is 0 Å². The molecule has 1 aliphatic rings. The van der Waals surface area contributed by atoms with E-state index in [0.29, 0.717) is 41.5 Å². The highest BCUT2D eigenvalue weighted by Crippen LogP contribution is 2.34. The standard InChI is InChI=1S/C28H28FN5O3/c1-3-17(2)28(36)33-14-12-18(13-15-33)23-16-31-34-25(26(30)35)24(32-27(23)34)19-4-8-21(9-5-19)37-22-10-6-20(29)7-11-22/h3-11,16-18,31H,1,12-15H2,2H3,(H2,30,35). The van der Waals surface area contributed by atoms with Crippen LogP contribution < -0.4 is 10.5 Å². The number of carbonyl (C=O) groups is 2. The van der Waals surface area contributed by atoms with E-state index in [-0.39, 0.29) is 29.3 Å². The van der Waals surface area contributed by atoms with Crippen molar-refractivity contribution >= 4 is 17.5 Å². The molecule has 8 nitrogen and oxygen atoms in total. The van der Waals surface area contributed by atoms with Crippen molar-refractivity contribution in [3.8, 4) is 22.8 Å². The zero-order valence-corrected chi connectivity index (χ0v) is 20.5. The number of nitrogens with one attached hydrogen (secondary N) is 1. The number of hydrogen-bond donors (Lipinski definition) is 2. The van der Waals surface area contributed by atoms with E-state index >= 15 is 0 Å². The minimum Gasteiger partial charge on any atom is -0.457 e. The summed E-state index contributed by atoms with van der Waals surface area (Å²) in [5, 5.41) is 3.14. The van der Waals surface area contributed by atoms with Crippen molar-refractivity contribution < 1.29 is 18.7 Å². The number of aromatic amines is 1. The fraction of sp³-hybridized carbons (Fsp3) is 0.250. The summed E-state index contributed by atoms with van der Waals surface area (Å²) in [6, 6.07) is 12.9. The molecule has 2 aromatic carbocycles. The molecule has 190 valence electrons. The molecule has 1 aliphatic heterocycles. The topological polar surface area (TPSA) is 106 Å². The first-order valence-corrected chi connectivity index (χ1v) is 12.2. The molecule has 1 fully saturated rings. The molecule has 1 atom stereocenters. The number of primary amides is 1. The van der Waals surface area contributed by atoms with E-state index in [1.54, 1.807) is 47.0 Å². The van der Waals surface area contributed by atoms with Gasteiger partial charge in [-0.3, -0.25) is 14.7 Å². The molecule has 0 aliphatic carbocycles. The fourth-order valence-electron chi connectivity index (χ4n) is 4.79. The molecule has 2 aromatic heterocycles. The van der Waals surface area contributed by atoms with Crippen LogP contribution in [0.4, 0.5) is 4.39 Å². The fourth-order valence-corrected chi connectivity index (χ4v) is 4.79. The van der Waals surface area contributed by atoms with E-state index in [1.165, 1.54) is 12.1 Å². The molecule has 0 bridgehead atoms. The van der Waals surface area contributed by atoms with E-state index in [0.717, 1.165) is 18.4 Å². The van der Waals surface area contributed by atoms with Gasteiger partial charge < -0.3 is 15.4 Å². The maximum Gasteiger partial charge on any atom is 0.269 e. The minimum atomic E-state index is -0.596. The largest absolute Gasteiger partial charge is 0.457 e. The minimum absolute atomic E-state index is 0.0960. The Morgan fingerprint density at radius 1 is 1.14 bits per heavy atom. The van der Waals surface area contributed by atoms with Gasteiger partial charge in [-0.25, -0.2) is 13.9 Å². The molecule has 3 N–H and O–H groups in total. The third-order valence-electron chi connectivity index (χ3n) is 6.88. The van der Waals surface area contributed by atoms with Gasteiger partial charge in [-0.2, -0.15) is 0 Å². The van der Waals surface area contributed by atoms with Gasteiger partial charge in [0.1, 0.15) is 23.0 Å². The van der Waals surface area contributed by atoms with Crippen molar-refractivity contribution in [2.75, 3.05) is 13.1 Å². The number of imidazole rings is 1. The van der Waals surface area contributed by atoms with Crippen molar-refractivity contribution in [1.82, 2.24) is 19.5 Å². The molecule has 4 aromatic rings. The predicted octanol–water partition coefficient (Wildman–Crippen LogP) is 4.89. The van der Waals surface area contributed by atoms with Crippen LogP contribution in [0.1, 0.15) is 41.7 Å². The summed E-state index contributed by atoms with van der Waals surface area (Å²) in [4.78, 5) is 31.6. The summed E-state index contributed by atoms with van der Waals surface area (Å²) in [5.41, 5.74) is 8.86. The Bertz CT molecular complexity index is 1450. The summed E-state index contributed by atoms with van der Waals surface area (Å²) in [6.07, 6.45) is 5.13. The summed E-state index contributed by atoms with van der Waals surface area (Å²) >= 11 is 0. The number of hydrogen-bond acceptors (Lipinski definition) is 4. The van der Waals surface area contributed by atoms with Crippen LogP contribution in [0.15, 0.2) is 67.4 Å². The van der Waals surface area contributed by atoms with Crippen LogP contribution in [0.25, 0.3) is 16.9 Å². The van der Waals surface area contributed by atoms with Gasteiger partial charge in [0.25, 0.3) is 5.91 Å². The quantitative estimate of drug-likeness (QED) is 0.352. The maximum absolute atomic E-state index is 13.1. The Morgan fingerprint density at radius 2 is 1.76 bits per heavy atom. The van der Waals surface area contributed by atoms with Crippen molar-refractivity contribution in [1.29, 1.82) is 0 Å². The second-order valence-electron chi connectivity index (χ2n) is 9.27. The number of nitrogens with two attached hydrogens (primary N) is 1. The molecule has 0 saturated carbocycles. The second kappa shape index (κ2) is 9.93. The summed E-state index contributed by atoms with van der Waals surface area (Å²) in [6.45, 7) is 6.89. The molecule has 5 rings (SSSR count). The highest BCUT2D eigenvalue weighted by atomic mass is 19.1. The average Bonchev–Trinajstić information content (AvgIpc) is 3.49. The molecule has 37 heavy (non-hydrogen) atoms. The molecular formula is C28H28FN5O3. The molecule has 1 unspecified atom stereocenters. The smallest absolute Gasteiger partial charge is 0.269 e. The van der Waals surface area contributed by atoms with Gasteiger partial charge in [-0.15, -0.1) is 6.58 Å². The maximum atomic E-state index is 13.1. The van der Waals surface area contributed by atoms with Gasteiger partial charge in [0.05, 0.1) is 5.92 Å². The lowest BCUT2D eigenvalue weighted by molar-refractivity contribution is -0.134. The molecule has 1 saturated heterocycles. The van der Waals surface area contributed by atoms with Crippen molar-refractivity contribution in [3.05, 3.63) is 84.5 Å². The van der Waals surface area contributed by atoms with E-state index in [1.807, 2.05) is 18.0 Å². The first-order valence-electron chi connectivity index (χ1n) is 12.2. The van der Waals surface area contributed by atoms with Gasteiger partial charge in [0.15, 0.2) is 11.3 Å². The zero-order chi connectivity index (χ0) is 26.1. The normalized spacial score (nSPS) is 15.0. The number of benzene rings is 2. The highest BCUT2D eigenvalue weighted by Gasteiger charge is 2.29. The number of amides is 2. The third kappa shape index (κ3) is 4.72. The van der Waals surface area contributed by atoms with Crippen LogP contribution in [0.3, 0.4) is 0 Å². The molecule has 3 heterocycles. The molecule has 2 amide bonds. The summed E-state index contributed by atoms with van der Waals surface area (Å²) < 4.78 is 20.5. The Balaban J connectivity index is 1.39. The SMILES string of the molecule is C=CC(C)C(=O)N1CCC(c2c[nH]n3c(C(N)=O)c(-c4ccc(Oc5ccc(F)cc5)cc4)nc23)CC1. The second-order valence-corrected chi connectivity index (χ2v) is 9.27. The lowest BCUT2D eigenvalue weighted by Gasteiger charge is -2.32. The number of halogens is 1. The number of rotatable bonds is 7. The monoisotopic (exact) mass is 501 g/mol. The van der Waals surface area contributed by atoms with E-state index < -0.39 is 5.91 Å². The number of H-pyrrole nitrogens is 1. The lowest BCUT2D eigenvalue weighted by Crippen LogP contribution is -2.40. The van der Waals surface area contributed by atoms with Gasteiger partial charge in [0, 0.05) is 30.4 Å². The third-order valence-corrected chi connectivity index (χ3v) is 6.88. The van der Waals surface area contributed by atoms with E-state index in [4.69, 9.17) is 15.5 Å². The number of aromatic nitrogens is 3. The van der Waals surface area contributed by atoms with E-state index in [2.05, 4.69) is 11.7 Å². The number of ether oxygens (including phenoxy) is 1. The number of carbonyl (C=O) groups excluding carboxylic acids is 2. The van der Waals surface area contributed by atoms with Crippen molar-refractivity contribution in [3.63, 3.8) is 0 Å². The van der Waals surface area contributed by atoms with Crippen LogP contribution in [0, 0.1) is 11.7 Å². The number of piperidine rings is 1. The number of nitrogens with zero attached hydrogens (tertiary/aromatic N) is 3. The van der Waals surface area contributed by atoms with Crippen LogP contribution in [0.5, 0.6) is 11.5 Å². The molecular weight excluding hydrogens is 473 g/mol. The Kier molecular flexibility index (Phi) is 6.52. The molecule has 0 spiro atoms. The number of fused-ring (bicyclic) bond motifs is 1. The van der Waals surface area contributed by atoms with Gasteiger partial charge in [-0.1, -0.05) is 13.0 Å². The highest BCUT2D eigenvalue weighted by molar-refractivity contribution is 5.98. The predicted molar refractivity (Wildman–Crippen MR) is 138 cm³/mol. The molecule has 0 radical (unpaired) electrons. The van der Waals surface area contributed by atoms with E-state index in [9.17, 15) is 14.0 Å². The molecule has 9 heteroatoms. The van der Waals surface area contributed by atoms with Crippen LogP contribution in [-0.4, -0.2) is 44.4 Å². The zero-order valence-electron chi connectivity index (χ0n) is 20.5. The van der Waals surface area contributed by atoms with Crippen molar-refractivity contribution in [2.24, 2.45) is 11.7 Å². The Labute approximate surface area is 213 Å². The van der Waals surface area contributed by atoms with Gasteiger partial charge in [0.2, 0.25) is 5.91 Å². The van der Waals surface area contributed by atoms with Crippen LogP contribution in [-0.2, 0) is 4.79 Å². The number of likely N-dealkylation sites (tertiary alicyclic amines) is 1. The Hall–Kier alpha value is -4.40. The first kappa shape index (κ1) is 24.3. The van der Waals surface area contributed by atoms with Gasteiger partial charge in [-0.05, 0) is 67.3 Å². The lowest BCUT2D eigenvalue weighted by atomic mass is 9.90.